The molecule has 0 saturated heterocycles. The highest BCUT2D eigenvalue weighted by atomic mass is 28.3. The average molecular weight is 526 g/mol. The molecule has 1 heterocycles. The Morgan fingerprint density at radius 2 is 1.00 bits per heavy atom. The van der Waals surface area contributed by atoms with E-state index < -0.39 is 8.80 Å². The first-order valence-electron chi connectivity index (χ1n) is 13.6. The van der Waals surface area contributed by atoms with Crippen LogP contribution in [0.15, 0.2) is 127 Å². The highest BCUT2D eigenvalue weighted by molar-refractivity contribution is 6.73. The molecular weight excluding hydrogens is 488 g/mol. The van der Waals surface area contributed by atoms with Gasteiger partial charge in [-0.15, -0.1) is 0 Å². The maximum Gasteiger partial charge on any atom is 0.0823 e. The van der Waals surface area contributed by atoms with Crippen molar-refractivity contribution in [3.05, 3.63) is 133 Å². The minimum atomic E-state index is -0.528. The van der Waals surface area contributed by atoms with Gasteiger partial charge in [-0.25, -0.2) is 0 Å². The van der Waals surface area contributed by atoms with E-state index in [0.717, 1.165) is 0 Å². The van der Waals surface area contributed by atoms with Crippen LogP contribution in [0.25, 0.3) is 21.8 Å². The Balaban J connectivity index is 0.000000158. The van der Waals surface area contributed by atoms with Gasteiger partial charge in [0.05, 0.1) is 8.80 Å². The van der Waals surface area contributed by atoms with E-state index in [0.29, 0.717) is 0 Å². The van der Waals surface area contributed by atoms with Crippen molar-refractivity contribution in [2.45, 2.75) is 39.3 Å². The van der Waals surface area contributed by atoms with Crippen LogP contribution in [0.3, 0.4) is 0 Å². The van der Waals surface area contributed by atoms with Crippen LogP contribution in [0.5, 0.6) is 0 Å². The van der Waals surface area contributed by atoms with Gasteiger partial charge in [0.25, 0.3) is 0 Å². The number of H-pyrrole nitrogens is 1. The Kier molecular flexibility index (Phi) is 7.71. The number of hydrogen-bond acceptors (Lipinski definition) is 1. The SMILES string of the molecule is C[Si](C)c1c(C(C)(C)C)ccc2c1[nH]c1ccccc12.c1ccc(N(c2ccccc2)c2ccccc2)cc1. The van der Waals surface area contributed by atoms with Crippen molar-refractivity contribution < 1.29 is 0 Å². The molecule has 5 aromatic carbocycles. The maximum absolute atomic E-state index is 3.67. The minimum Gasteiger partial charge on any atom is -0.355 e. The Bertz CT molecular complexity index is 1550. The number of nitrogens with zero attached hydrogens (tertiary/aromatic N) is 1. The van der Waals surface area contributed by atoms with E-state index in [1.807, 2.05) is 18.2 Å². The summed E-state index contributed by atoms with van der Waals surface area (Å²) in [6, 6.07) is 44.5. The van der Waals surface area contributed by atoms with Gasteiger partial charge in [-0.05, 0) is 58.6 Å². The van der Waals surface area contributed by atoms with Crippen molar-refractivity contribution >= 4 is 52.9 Å². The summed E-state index contributed by atoms with van der Waals surface area (Å²) in [6.07, 6.45) is 0. The van der Waals surface area contributed by atoms with Crippen LogP contribution in [0.4, 0.5) is 17.1 Å². The zero-order valence-electron chi connectivity index (χ0n) is 23.6. The third-order valence-corrected chi connectivity index (χ3v) is 8.55. The van der Waals surface area contributed by atoms with Gasteiger partial charge in [-0.2, -0.15) is 0 Å². The van der Waals surface area contributed by atoms with Gasteiger partial charge in [-0.3, -0.25) is 0 Å². The Labute approximate surface area is 234 Å². The van der Waals surface area contributed by atoms with E-state index in [9.17, 15) is 0 Å². The van der Waals surface area contributed by atoms with E-state index in [2.05, 4.69) is 153 Å². The first-order valence-corrected chi connectivity index (χ1v) is 16.1. The monoisotopic (exact) mass is 525 g/mol. The van der Waals surface area contributed by atoms with Crippen LogP contribution in [0, 0.1) is 0 Å². The normalized spacial score (nSPS) is 11.4. The van der Waals surface area contributed by atoms with Crippen molar-refractivity contribution in [2.75, 3.05) is 4.90 Å². The maximum atomic E-state index is 3.67. The van der Waals surface area contributed by atoms with E-state index in [4.69, 9.17) is 0 Å². The van der Waals surface area contributed by atoms with Crippen LogP contribution in [0.1, 0.15) is 26.3 Å². The number of aromatic amines is 1. The molecule has 0 bridgehead atoms. The summed E-state index contributed by atoms with van der Waals surface area (Å²) in [5.41, 5.74) is 7.80. The lowest BCUT2D eigenvalue weighted by molar-refractivity contribution is 0.594. The van der Waals surface area contributed by atoms with E-state index in [1.54, 1.807) is 5.19 Å². The summed E-state index contributed by atoms with van der Waals surface area (Å²) in [4.78, 5) is 5.92. The molecular formula is C36H37N2Si. The molecule has 0 spiro atoms. The van der Waals surface area contributed by atoms with Crippen molar-refractivity contribution in [3.63, 3.8) is 0 Å². The summed E-state index contributed by atoms with van der Waals surface area (Å²) in [5, 5.41) is 4.28. The molecule has 6 rings (SSSR count). The zero-order chi connectivity index (χ0) is 27.4. The van der Waals surface area contributed by atoms with Gasteiger partial charge < -0.3 is 9.88 Å². The van der Waals surface area contributed by atoms with Gasteiger partial charge in [0.15, 0.2) is 0 Å². The lowest BCUT2D eigenvalue weighted by Crippen LogP contribution is -2.33. The fourth-order valence-electron chi connectivity index (χ4n) is 5.24. The van der Waals surface area contributed by atoms with Crippen molar-refractivity contribution in [1.82, 2.24) is 4.98 Å². The number of anilines is 3. The van der Waals surface area contributed by atoms with Gasteiger partial charge >= 0.3 is 0 Å². The third kappa shape index (κ3) is 5.69. The first-order chi connectivity index (χ1) is 18.8. The van der Waals surface area contributed by atoms with Crippen molar-refractivity contribution in [3.8, 4) is 0 Å². The lowest BCUT2D eigenvalue weighted by atomic mass is 9.86. The lowest BCUT2D eigenvalue weighted by Gasteiger charge is -2.25. The highest BCUT2D eigenvalue weighted by Crippen LogP contribution is 2.33. The van der Waals surface area contributed by atoms with Crippen LogP contribution < -0.4 is 10.1 Å². The number of nitrogens with one attached hydrogen (secondary N) is 1. The van der Waals surface area contributed by atoms with Gasteiger partial charge in [0.2, 0.25) is 0 Å². The molecule has 0 aliphatic rings. The molecule has 1 radical (unpaired) electrons. The molecule has 6 aromatic rings. The first kappa shape index (κ1) is 26.5. The molecule has 39 heavy (non-hydrogen) atoms. The van der Waals surface area contributed by atoms with Crippen LogP contribution >= 0.6 is 0 Å². The zero-order valence-corrected chi connectivity index (χ0v) is 24.6. The van der Waals surface area contributed by atoms with Gasteiger partial charge in [-0.1, -0.05) is 119 Å². The largest absolute Gasteiger partial charge is 0.355 e. The van der Waals surface area contributed by atoms with Crippen LogP contribution in [0.2, 0.25) is 13.1 Å². The molecule has 0 amide bonds. The minimum absolute atomic E-state index is 0.197. The number of rotatable bonds is 4. The molecule has 0 atom stereocenters. The number of hydrogen-bond donors (Lipinski definition) is 1. The van der Waals surface area contributed by atoms with E-state index >= 15 is 0 Å². The summed E-state index contributed by atoms with van der Waals surface area (Å²) in [6.45, 7) is 11.7. The van der Waals surface area contributed by atoms with Crippen LogP contribution in [-0.4, -0.2) is 13.8 Å². The summed E-state index contributed by atoms with van der Waals surface area (Å²) in [5.74, 6) is 0. The molecule has 0 aliphatic heterocycles. The fraction of sp³-hybridized carbons (Fsp3) is 0.167. The summed E-state index contributed by atoms with van der Waals surface area (Å²) in [7, 11) is -0.528. The average Bonchev–Trinajstić information content (AvgIpc) is 3.33. The number of fused-ring (bicyclic) bond motifs is 3. The van der Waals surface area contributed by atoms with Crippen molar-refractivity contribution in [2.24, 2.45) is 0 Å². The van der Waals surface area contributed by atoms with Crippen molar-refractivity contribution in [1.29, 1.82) is 0 Å². The van der Waals surface area contributed by atoms with E-state index in [-0.39, 0.29) is 5.41 Å². The molecule has 0 saturated carbocycles. The molecule has 2 nitrogen and oxygen atoms in total. The smallest absolute Gasteiger partial charge is 0.0823 e. The van der Waals surface area contributed by atoms with Gasteiger partial charge in [0, 0.05) is 38.9 Å². The second-order valence-electron chi connectivity index (χ2n) is 11.2. The topological polar surface area (TPSA) is 19.0 Å². The molecule has 195 valence electrons. The summed E-state index contributed by atoms with van der Waals surface area (Å²) >= 11 is 0. The highest BCUT2D eigenvalue weighted by Gasteiger charge is 2.23. The number of aromatic nitrogens is 1. The Hall–Kier alpha value is -4.08. The summed E-state index contributed by atoms with van der Waals surface area (Å²) < 4.78 is 0. The molecule has 1 aromatic heterocycles. The molecule has 3 heteroatoms. The second-order valence-corrected chi connectivity index (χ2v) is 13.7. The molecule has 0 unspecified atom stereocenters. The quantitative estimate of drug-likeness (QED) is 0.227. The molecule has 1 N–H and O–H groups in total. The molecule has 0 fully saturated rings. The van der Waals surface area contributed by atoms with Gasteiger partial charge in [0.1, 0.15) is 0 Å². The standard InChI is InChI=1S/C18H22NSi.C18H15N/c1-18(2,3)14-11-10-13-12-8-6-7-9-15(12)19-16(13)17(14)20(4)5;1-4-10-16(11-5-1)19(17-12-6-2-7-13-17)18-14-8-3-9-15-18/h6-11,19H,1-5H3;1-15H. The Morgan fingerprint density at radius 3 is 1.46 bits per heavy atom. The number of para-hydroxylation sites is 4. The predicted molar refractivity (Wildman–Crippen MR) is 173 cm³/mol. The second kappa shape index (κ2) is 11.3. The third-order valence-electron chi connectivity index (χ3n) is 7.03. The van der Waals surface area contributed by atoms with Crippen LogP contribution in [-0.2, 0) is 5.41 Å². The molecule has 0 aliphatic carbocycles. The van der Waals surface area contributed by atoms with E-state index in [1.165, 1.54) is 44.4 Å². The fourth-order valence-corrected chi connectivity index (χ4v) is 6.94. The number of benzene rings is 5. The predicted octanol–water partition coefficient (Wildman–Crippen LogP) is 9.74. The Morgan fingerprint density at radius 1 is 0.538 bits per heavy atom.